The van der Waals surface area contributed by atoms with E-state index in [0.29, 0.717) is 0 Å². The quantitative estimate of drug-likeness (QED) is 0.851. The number of methoxy groups -OCH3 is 1. The van der Waals surface area contributed by atoms with E-state index in [2.05, 4.69) is 17.4 Å². The number of nitrogens with one attached hydrogen (secondary N) is 1. The van der Waals surface area contributed by atoms with Gasteiger partial charge in [0, 0.05) is 6.08 Å². The van der Waals surface area contributed by atoms with Crippen molar-refractivity contribution in [1.82, 2.24) is 5.32 Å². The second-order valence-electron chi connectivity index (χ2n) is 5.90. The Morgan fingerprint density at radius 3 is 2.35 bits per heavy atom. The van der Waals surface area contributed by atoms with Gasteiger partial charge in [-0.15, -0.1) is 0 Å². The smallest absolute Gasteiger partial charge is 0.244 e. The van der Waals surface area contributed by atoms with Crippen molar-refractivity contribution in [2.45, 2.75) is 24.8 Å². The third-order valence-corrected chi connectivity index (χ3v) is 4.44. The van der Waals surface area contributed by atoms with E-state index >= 15 is 0 Å². The molecular formula is C20H21NO2. The molecule has 3 heteroatoms. The molecule has 0 saturated heterocycles. The fourth-order valence-electron chi connectivity index (χ4n) is 2.94. The van der Waals surface area contributed by atoms with Gasteiger partial charge in [0.25, 0.3) is 0 Å². The van der Waals surface area contributed by atoms with Crippen LogP contribution in [0.15, 0.2) is 60.7 Å². The molecule has 1 fully saturated rings. The lowest BCUT2D eigenvalue weighted by molar-refractivity contribution is -0.119. The van der Waals surface area contributed by atoms with Gasteiger partial charge in [0.2, 0.25) is 5.91 Å². The van der Waals surface area contributed by atoms with E-state index in [1.807, 2.05) is 48.5 Å². The van der Waals surface area contributed by atoms with Crippen LogP contribution in [-0.4, -0.2) is 13.0 Å². The standard InChI is InChI=1S/C20H21NO2/c1-23-18-11-8-16(9-12-18)10-13-19(22)21-20(14-5-15-20)17-6-3-2-4-7-17/h2-4,6-13H,5,14-15H2,1H3,(H,21,22). The minimum absolute atomic E-state index is 0.0515. The minimum Gasteiger partial charge on any atom is -0.497 e. The lowest BCUT2D eigenvalue weighted by Gasteiger charge is -2.42. The van der Waals surface area contributed by atoms with Gasteiger partial charge >= 0.3 is 0 Å². The summed E-state index contributed by atoms with van der Waals surface area (Å²) in [6.45, 7) is 0. The Morgan fingerprint density at radius 2 is 1.78 bits per heavy atom. The summed E-state index contributed by atoms with van der Waals surface area (Å²) in [4.78, 5) is 12.3. The molecule has 3 rings (SSSR count). The van der Waals surface area contributed by atoms with Crippen LogP contribution in [0.25, 0.3) is 6.08 Å². The molecule has 0 heterocycles. The number of ether oxygens (including phenoxy) is 1. The molecule has 2 aromatic rings. The van der Waals surface area contributed by atoms with E-state index in [1.165, 1.54) is 5.56 Å². The molecule has 23 heavy (non-hydrogen) atoms. The van der Waals surface area contributed by atoms with Crippen molar-refractivity contribution in [1.29, 1.82) is 0 Å². The predicted octanol–water partition coefficient (Wildman–Crippen LogP) is 3.90. The van der Waals surface area contributed by atoms with Gasteiger partial charge in [0.15, 0.2) is 0 Å². The Morgan fingerprint density at radius 1 is 1.09 bits per heavy atom. The maximum atomic E-state index is 12.3. The molecule has 1 aliphatic rings. The highest BCUT2D eigenvalue weighted by Crippen LogP contribution is 2.41. The molecule has 1 N–H and O–H groups in total. The van der Waals surface area contributed by atoms with Crippen molar-refractivity contribution in [2.24, 2.45) is 0 Å². The lowest BCUT2D eigenvalue weighted by atomic mass is 9.72. The number of carbonyl (C=O) groups is 1. The zero-order valence-electron chi connectivity index (χ0n) is 13.3. The number of benzene rings is 2. The van der Waals surface area contributed by atoms with Crippen LogP contribution >= 0.6 is 0 Å². The van der Waals surface area contributed by atoms with Crippen LogP contribution in [0.1, 0.15) is 30.4 Å². The van der Waals surface area contributed by atoms with Crippen molar-refractivity contribution in [3.8, 4) is 5.75 Å². The monoisotopic (exact) mass is 307 g/mol. The summed E-state index contributed by atoms with van der Waals surface area (Å²) < 4.78 is 5.13. The first-order valence-electron chi connectivity index (χ1n) is 7.92. The number of amides is 1. The van der Waals surface area contributed by atoms with Gasteiger partial charge in [-0.25, -0.2) is 0 Å². The molecule has 3 nitrogen and oxygen atoms in total. The highest BCUT2D eigenvalue weighted by Gasteiger charge is 2.39. The van der Waals surface area contributed by atoms with E-state index in [-0.39, 0.29) is 11.4 Å². The average Bonchev–Trinajstić information content (AvgIpc) is 2.57. The number of carbonyl (C=O) groups excluding carboxylic acids is 1. The SMILES string of the molecule is COc1ccc(C=CC(=O)NC2(c3ccccc3)CCC2)cc1. The number of hydrogen-bond donors (Lipinski definition) is 1. The van der Waals surface area contributed by atoms with Gasteiger partial charge in [0.1, 0.15) is 5.75 Å². The van der Waals surface area contributed by atoms with Crippen LogP contribution in [0, 0.1) is 0 Å². The molecule has 1 amide bonds. The molecule has 0 atom stereocenters. The van der Waals surface area contributed by atoms with Crippen LogP contribution in [0.2, 0.25) is 0 Å². The van der Waals surface area contributed by atoms with E-state index in [9.17, 15) is 4.79 Å². The van der Waals surface area contributed by atoms with E-state index < -0.39 is 0 Å². The Bertz CT molecular complexity index is 685. The minimum atomic E-state index is -0.192. The zero-order chi connectivity index (χ0) is 16.1. The first-order valence-corrected chi connectivity index (χ1v) is 7.92. The Balaban J connectivity index is 1.67. The van der Waals surface area contributed by atoms with Crippen LogP contribution in [0.5, 0.6) is 5.75 Å². The fraction of sp³-hybridized carbons (Fsp3) is 0.250. The zero-order valence-corrected chi connectivity index (χ0v) is 13.3. The summed E-state index contributed by atoms with van der Waals surface area (Å²) in [6, 6.07) is 17.9. The van der Waals surface area contributed by atoms with E-state index in [4.69, 9.17) is 4.74 Å². The fourth-order valence-corrected chi connectivity index (χ4v) is 2.94. The molecular weight excluding hydrogens is 286 g/mol. The Kier molecular flexibility index (Phi) is 4.47. The van der Waals surface area contributed by atoms with E-state index in [0.717, 1.165) is 30.6 Å². The van der Waals surface area contributed by atoms with Crippen molar-refractivity contribution in [3.63, 3.8) is 0 Å². The second-order valence-corrected chi connectivity index (χ2v) is 5.90. The third kappa shape index (κ3) is 3.45. The van der Waals surface area contributed by atoms with Crippen LogP contribution in [-0.2, 0) is 10.3 Å². The van der Waals surface area contributed by atoms with Crippen molar-refractivity contribution in [3.05, 3.63) is 71.8 Å². The molecule has 0 aromatic heterocycles. The lowest BCUT2D eigenvalue weighted by Crippen LogP contribution is -2.50. The van der Waals surface area contributed by atoms with Crippen LogP contribution in [0.3, 0.4) is 0 Å². The Labute approximate surface area is 137 Å². The molecule has 2 aromatic carbocycles. The first kappa shape index (κ1) is 15.3. The van der Waals surface area contributed by atoms with Crippen molar-refractivity contribution < 1.29 is 9.53 Å². The molecule has 0 bridgehead atoms. The largest absolute Gasteiger partial charge is 0.497 e. The van der Waals surface area contributed by atoms with Gasteiger partial charge < -0.3 is 10.1 Å². The van der Waals surface area contributed by atoms with Crippen LogP contribution in [0.4, 0.5) is 0 Å². The molecule has 0 unspecified atom stereocenters. The molecule has 0 radical (unpaired) electrons. The molecule has 0 aliphatic heterocycles. The predicted molar refractivity (Wildman–Crippen MR) is 92.1 cm³/mol. The van der Waals surface area contributed by atoms with Gasteiger partial charge in [-0.2, -0.15) is 0 Å². The second kappa shape index (κ2) is 6.69. The highest BCUT2D eigenvalue weighted by molar-refractivity contribution is 5.92. The van der Waals surface area contributed by atoms with Crippen LogP contribution < -0.4 is 10.1 Å². The summed E-state index contributed by atoms with van der Waals surface area (Å²) >= 11 is 0. The van der Waals surface area contributed by atoms with Gasteiger partial charge in [-0.3, -0.25) is 4.79 Å². The molecule has 1 saturated carbocycles. The molecule has 118 valence electrons. The Hall–Kier alpha value is -2.55. The third-order valence-electron chi connectivity index (χ3n) is 4.44. The van der Waals surface area contributed by atoms with Gasteiger partial charge in [-0.1, -0.05) is 42.5 Å². The van der Waals surface area contributed by atoms with Crippen molar-refractivity contribution >= 4 is 12.0 Å². The van der Waals surface area contributed by atoms with Gasteiger partial charge in [0.05, 0.1) is 12.6 Å². The summed E-state index contributed by atoms with van der Waals surface area (Å²) in [6.07, 6.45) is 6.58. The van der Waals surface area contributed by atoms with Gasteiger partial charge in [-0.05, 0) is 48.6 Å². The first-order chi connectivity index (χ1) is 11.2. The summed E-state index contributed by atoms with van der Waals surface area (Å²) in [7, 11) is 1.64. The summed E-state index contributed by atoms with van der Waals surface area (Å²) in [5.41, 5.74) is 1.98. The number of hydrogen-bond acceptors (Lipinski definition) is 2. The molecule has 0 spiro atoms. The maximum absolute atomic E-state index is 12.3. The average molecular weight is 307 g/mol. The normalized spacial score (nSPS) is 15.9. The highest BCUT2D eigenvalue weighted by atomic mass is 16.5. The summed E-state index contributed by atoms with van der Waals surface area (Å²) in [5.74, 6) is 0.758. The molecule has 1 aliphatic carbocycles. The van der Waals surface area contributed by atoms with Crippen molar-refractivity contribution in [2.75, 3.05) is 7.11 Å². The maximum Gasteiger partial charge on any atom is 0.244 e. The topological polar surface area (TPSA) is 38.3 Å². The summed E-state index contributed by atoms with van der Waals surface area (Å²) in [5, 5.41) is 3.19. The van der Waals surface area contributed by atoms with E-state index in [1.54, 1.807) is 13.2 Å². The number of rotatable bonds is 5.